The molecule has 2 aromatic heterocycles. The molecule has 0 bridgehead atoms. The van der Waals surface area contributed by atoms with Gasteiger partial charge >= 0.3 is 0 Å². The Morgan fingerprint density at radius 3 is 2.45 bits per heavy atom. The van der Waals surface area contributed by atoms with Gasteiger partial charge in [0.05, 0.1) is 5.88 Å². The summed E-state index contributed by atoms with van der Waals surface area (Å²) in [5.41, 5.74) is 1.47. The fraction of sp³-hybridized carbons (Fsp3) is 0.143. The molecule has 0 aliphatic rings. The molecule has 1 aromatic carbocycles. The summed E-state index contributed by atoms with van der Waals surface area (Å²) in [5, 5.41) is 0. The Labute approximate surface area is 118 Å². The van der Waals surface area contributed by atoms with Crippen LogP contribution in [-0.4, -0.2) is 14.5 Å². The molecule has 6 heteroatoms. The van der Waals surface area contributed by atoms with Gasteiger partial charge in [0.2, 0.25) is 0 Å². The number of benzene rings is 1. The zero-order valence-corrected chi connectivity index (χ0v) is 11.3. The monoisotopic (exact) mass is 293 g/mol. The minimum Gasteiger partial charge on any atom is -0.274 e. The standard InChI is InChI=1S/C14H10ClF2N3/c1-8-5-6-11-14(18-8)20(12(7-15)19-11)13-9(16)3-2-4-10(13)17/h2-6H,7H2,1H3. The van der Waals surface area contributed by atoms with Crippen LogP contribution in [0.3, 0.4) is 0 Å². The number of imidazole rings is 1. The van der Waals surface area contributed by atoms with Gasteiger partial charge < -0.3 is 0 Å². The molecular weight excluding hydrogens is 284 g/mol. The van der Waals surface area contributed by atoms with E-state index in [1.807, 2.05) is 0 Å². The molecule has 0 saturated heterocycles. The van der Waals surface area contributed by atoms with Crippen LogP contribution >= 0.6 is 11.6 Å². The van der Waals surface area contributed by atoms with Crippen molar-refractivity contribution >= 4 is 22.8 Å². The normalized spacial score (nSPS) is 11.2. The van der Waals surface area contributed by atoms with Crippen molar-refractivity contribution in [2.24, 2.45) is 0 Å². The van der Waals surface area contributed by atoms with Gasteiger partial charge in [-0.1, -0.05) is 6.07 Å². The highest BCUT2D eigenvalue weighted by atomic mass is 35.5. The number of para-hydroxylation sites is 1. The molecule has 0 radical (unpaired) electrons. The van der Waals surface area contributed by atoms with E-state index in [0.29, 0.717) is 17.0 Å². The second-order valence-corrected chi connectivity index (χ2v) is 4.63. The van der Waals surface area contributed by atoms with Crippen LogP contribution in [-0.2, 0) is 5.88 Å². The number of rotatable bonds is 2. The molecule has 3 rings (SSSR count). The fourth-order valence-electron chi connectivity index (χ4n) is 2.13. The van der Waals surface area contributed by atoms with Gasteiger partial charge in [0.15, 0.2) is 5.65 Å². The van der Waals surface area contributed by atoms with Crippen LogP contribution in [0.15, 0.2) is 30.3 Å². The number of alkyl halides is 1. The summed E-state index contributed by atoms with van der Waals surface area (Å²) < 4.78 is 29.3. The van der Waals surface area contributed by atoms with E-state index in [4.69, 9.17) is 11.6 Å². The van der Waals surface area contributed by atoms with Gasteiger partial charge in [0.25, 0.3) is 0 Å². The number of fused-ring (bicyclic) bond motifs is 1. The van der Waals surface area contributed by atoms with Gasteiger partial charge in [0, 0.05) is 5.69 Å². The lowest BCUT2D eigenvalue weighted by atomic mass is 10.2. The Balaban J connectivity index is 2.42. The summed E-state index contributed by atoms with van der Waals surface area (Å²) in [6, 6.07) is 7.24. The SMILES string of the molecule is Cc1ccc2nc(CCl)n(-c3c(F)cccc3F)c2n1. The van der Waals surface area contributed by atoms with Gasteiger partial charge in [-0.25, -0.2) is 18.7 Å². The van der Waals surface area contributed by atoms with E-state index in [1.54, 1.807) is 19.1 Å². The molecule has 0 fully saturated rings. The van der Waals surface area contributed by atoms with Gasteiger partial charge in [-0.05, 0) is 31.2 Å². The number of aryl methyl sites for hydroxylation is 1. The summed E-state index contributed by atoms with van der Waals surface area (Å²) in [6.45, 7) is 1.80. The predicted octanol–water partition coefficient (Wildman–Crippen LogP) is 3.75. The summed E-state index contributed by atoms with van der Waals surface area (Å²) in [5.74, 6) is -0.981. The molecular formula is C14H10ClF2N3. The number of hydrogen-bond donors (Lipinski definition) is 0. The van der Waals surface area contributed by atoms with Crippen molar-refractivity contribution in [1.82, 2.24) is 14.5 Å². The number of pyridine rings is 1. The highest BCUT2D eigenvalue weighted by Gasteiger charge is 2.19. The van der Waals surface area contributed by atoms with Gasteiger partial charge in [0.1, 0.15) is 28.7 Å². The topological polar surface area (TPSA) is 30.7 Å². The van der Waals surface area contributed by atoms with Crippen molar-refractivity contribution < 1.29 is 8.78 Å². The van der Waals surface area contributed by atoms with Gasteiger partial charge in [-0.3, -0.25) is 4.57 Å². The molecule has 3 nitrogen and oxygen atoms in total. The third kappa shape index (κ3) is 1.94. The molecule has 2 heterocycles. The van der Waals surface area contributed by atoms with Crippen LogP contribution in [0.2, 0.25) is 0 Å². The summed E-state index contributed by atoms with van der Waals surface area (Å²) in [6.07, 6.45) is 0. The first-order valence-corrected chi connectivity index (χ1v) is 6.50. The predicted molar refractivity (Wildman–Crippen MR) is 73.1 cm³/mol. The van der Waals surface area contributed by atoms with E-state index in [2.05, 4.69) is 9.97 Å². The zero-order chi connectivity index (χ0) is 14.3. The molecule has 102 valence electrons. The lowest BCUT2D eigenvalue weighted by Crippen LogP contribution is -2.06. The quantitative estimate of drug-likeness (QED) is 0.674. The van der Waals surface area contributed by atoms with Crippen LogP contribution in [0, 0.1) is 18.6 Å². The Hall–Kier alpha value is -2.01. The Kier molecular flexibility index (Phi) is 3.14. The van der Waals surface area contributed by atoms with Crippen molar-refractivity contribution in [1.29, 1.82) is 0 Å². The fourth-order valence-corrected chi connectivity index (χ4v) is 2.31. The third-order valence-corrected chi connectivity index (χ3v) is 3.23. The first-order valence-electron chi connectivity index (χ1n) is 5.97. The lowest BCUT2D eigenvalue weighted by molar-refractivity contribution is 0.568. The zero-order valence-electron chi connectivity index (χ0n) is 10.6. The van der Waals surface area contributed by atoms with Crippen molar-refractivity contribution in [2.75, 3.05) is 0 Å². The van der Waals surface area contributed by atoms with E-state index in [0.717, 1.165) is 5.69 Å². The second-order valence-electron chi connectivity index (χ2n) is 4.36. The molecule has 0 N–H and O–H groups in total. The Morgan fingerprint density at radius 1 is 1.10 bits per heavy atom. The van der Waals surface area contributed by atoms with Crippen molar-refractivity contribution in [3.8, 4) is 5.69 Å². The molecule has 0 atom stereocenters. The summed E-state index contributed by atoms with van der Waals surface area (Å²) in [7, 11) is 0. The summed E-state index contributed by atoms with van der Waals surface area (Å²) >= 11 is 5.84. The molecule has 0 saturated carbocycles. The first-order chi connectivity index (χ1) is 9.61. The van der Waals surface area contributed by atoms with E-state index in [-0.39, 0.29) is 11.6 Å². The Morgan fingerprint density at radius 2 is 1.80 bits per heavy atom. The van der Waals surface area contributed by atoms with E-state index < -0.39 is 11.6 Å². The molecule has 3 aromatic rings. The van der Waals surface area contributed by atoms with Crippen LogP contribution < -0.4 is 0 Å². The van der Waals surface area contributed by atoms with Crippen molar-refractivity contribution in [2.45, 2.75) is 12.8 Å². The number of halogens is 3. The highest BCUT2D eigenvalue weighted by Crippen LogP contribution is 2.25. The minimum absolute atomic E-state index is 0.0309. The maximum Gasteiger partial charge on any atom is 0.165 e. The van der Waals surface area contributed by atoms with Crippen molar-refractivity contribution in [3.05, 3.63) is 53.5 Å². The maximum atomic E-state index is 14.0. The van der Waals surface area contributed by atoms with E-state index in [1.165, 1.54) is 22.8 Å². The average molecular weight is 294 g/mol. The number of hydrogen-bond acceptors (Lipinski definition) is 2. The average Bonchev–Trinajstić information content (AvgIpc) is 2.77. The van der Waals surface area contributed by atoms with Gasteiger partial charge in [-0.2, -0.15) is 0 Å². The largest absolute Gasteiger partial charge is 0.274 e. The van der Waals surface area contributed by atoms with Crippen LogP contribution in [0.25, 0.3) is 16.9 Å². The van der Waals surface area contributed by atoms with Crippen molar-refractivity contribution in [3.63, 3.8) is 0 Å². The maximum absolute atomic E-state index is 14.0. The lowest BCUT2D eigenvalue weighted by Gasteiger charge is -2.09. The van der Waals surface area contributed by atoms with E-state index >= 15 is 0 Å². The minimum atomic E-state index is -0.682. The third-order valence-electron chi connectivity index (χ3n) is 2.99. The first kappa shape index (κ1) is 13.0. The molecule has 0 aliphatic carbocycles. The molecule has 0 aliphatic heterocycles. The number of nitrogens with zero attached hydrogens (tertiary/aromatic N) is 3. The highest BCUT2D eigenvalue weighted by molar-refractivity contribution is 6.16. The van der Waals surface area contributed by atoms with Crippen LogP contribution in [0.4, 0.5) is 8.78 Å². The molecule has 20 heavy (non-hydrogen) atoms. The second kappa shape index (κ2) is 4.83. The number of aromatic nitrogens is 3. The van der Waals surface area contributed by atoms with Gasteiger partial charge in [-0.15, -0.1) is 11.6 Å². The molecule has 0 unspecified atom stereocenters. The Bertz CT molecular complexity index is 778. The smallest absolute Gasteiger partial charge is 0.165 e. The molecule has 0 spiro atoms. The molecule has 0 amide bonds. The van der Waals surface area contributed by atoms with E-state index in [9.17, 15) is 8.78 Å². The van der Waals surface area contributed by atoms with Crippen LogP contribution in [0.1, 0.15) is 11.5 Å². The summed E-state index contributed by atoms with van der Waals surface area (Å²) in [4.78, 5) is 8.58. The van der Waals surface area contributed by atoms with Crippen LogP contribution in [0.5, 0.6) is 0 Å².